The predicted octanol–water partition coefficient (Wildman–Crippen LogP) is 1.13. The van der Waals surface area contributed by atoms with Gasteiger partial charge < -0.3 is 9.67 Å². The van der Waals surface area contributed by atoms with Crippen LogP contribution in [0.1, 0.15) is 13.0 Å². The molecule has 0 spiro atoms. The Hall–Kier alpha value is -1.25. The van der Waals surface area contributed by atoms with E-state index in [2.05, 4.69) is 0 Å². The van der Waals surface area contributed by atoms with Crippen LogP contribution < -0.4 is 0 Å². The zero-order valence-corrected chi connectivity index (χ0v) is 5.69. The molecule has 0 aliphatic carbocycles. The van der Waals surface area contributed by atoms with Gasteiger partial charge in [0, 0.05) is 12.4 Å². The monoisotopic (exact) mass is 139 g/mol. The predicted molar refractivity (Wildman–Crippen MR) is 36.8 cm³/mol. The van der Waals surface area contributed by atoms with Gasteiger partial charge >= 0.3 is 5.97 Å². The summed E-state index contributed by atoms with van der Waals surface area (Å²) < 4.78 is 1.64. The van der Waals surface area contributed by atoms with Crippen molar-refractivity contribution in [3.05, 3.63) is 24.5 Å². The Kier molecular flexibility index (Phi) is 1.76. The highest BCUT2D eigenvalue weighted by atomic mass is 16.4. The lowest BCUT2D eigenvalue weighted by Gasteiger charge is -2.06. The molecule has 10 heavy (non-hydrogen) atoms. The van der Waals surface area contributed by atoms with Gasteiger partial charge in [-0.3, -0.25) is 0 Å². The van der Waals surface area contributed by atoms with Crippen LogP contribution in [-0.4, -0.2) is 15.6 Å². The molecule has 1 aromatic rings. The van der Waals surface area contributed by atoms with Crippen LogP contribution >= 0.6 is 0 Å². The molecule has 0 saturated carbocycles. The third kappa shape index (κ3) is 1.18. The van der Waals surface area contributed by atoms with E-state index in [1.54, 1.807) is 36.0 Å². The van der Waals surface area contributed by atoms with Gasteiger partial charge in [0.15, 0.2) is 0 Å². The first-order valence-corrected chi connectivity index (χ1v) is 3.07. The van der Waals surface area contributed by atoms with Gasteiger partial charge in [0.05, 0.1) is 0 Å². The van der Waals surface area contributed by atoms with E-state index >= 15 is 0 Å². The van der Waals surface area contributed by atoms with Crippen LogP contribution in [0.25, 0.3) is 0 Å². The maximum absolute atomic E-state index is 10.4. The highest BCUT2D eigenvalue weighted by Crippen LogP contribution is 2.04. The van der Waals surface area contributed by atoms with E-state index in [1.807, 2.05) is 0 Å². The van der Waals surface area contributed by atoms with Crippen molar-refractivity contribution in [1.29, 1.82) is 0 Å². The molecule has 0 radical (unpaired) electrons. The Bertz CT molecular complexity index is 216. The molecule has 3 heteroatoms. The number of hydrogen-bond donors (Lipinski definition) is 1. The number of carboxylic acid groups (broad SMARTS) is 1. The number of carbonyl (C=O) groups is 1. The first kappa shape index (κ1) is 6.86. The second-order valence-corrected chi connectivity index (χ2v) is 2.14. The third-order valence-corrected chi connectivity index (χ3v) is 1.43. The average Bonchev–Trinajstić information content (AvgIpc) is 2.36. The summed E-state index contributed by atoms with van der Waals surface area (Å²) in [6.07, 6.45) is 3.47. The van der Waals surface area contributed by atoms with Crippen molar-refractivity contribution in [2.75, 3.05) is 0 Å². The minimum Gasteiger partial charge on any atom is -0.480 e. The second kappa shape index (κ2) is 2.56. The molecule has 1 atom stereocenters. The molecule has 0 bridgehead atoms. The Morgan fingerprint density at radius 2 is 2.00 bits per heavy atom. The first-order valence-electron chi connectivity index (χ1n) is 3.07. The largest absolute Gasteiger partial charge is 0.480 e. The maximum atomic E-state index is 10.4. The molecule has 0 saturated heterocycles. The van der Waals surface area contributed by atoms with Crippen molar-refractivity contribution in [3.63, 3.8) is 0 Å². The van der Waals surface area contributed by atoms with Gasteiger partial charge in [-0.15, -0.1) is 0 Å². The summed E-state index contributed by atoms with van der Waals surface area (Å²) in [5.74, 6) is -0.809. The smallest absolute Gasteiger partial charge is 0.326 e. The molecular weight excluding hydrogens is 130 g/mol. The van der Waals surface area contributed by atoms with E-state index in [4.69, 9.17) is 5.11 Å². The standard InChI is InChI=1S/C7H9NO2/c1-6(7(9)10)8-4-2-3-5-8/h2-6H,1H3,(H,9,10). The van der Waals surface area contributed by atoms with Crippen LogP contribution in [0.4, 0.5) is 0 Å². The van der Waals surface area contributed by atoms with Crippen molar-refractivity contribution in [2.24, 2.45) is 0 Å². The summed E-state index contributed by atoms with van der Waals surface area (Å²) in [5, 5.41) is 8.53. The fraction of sp³-hybridized carbons (Fsp3) is 0.286. The van der Waals surface area contributed by atoms with Crippen molar-refractivity contribution in [2.45, 2.75) is 13.0 Å². The fourth-order valence-corrected chi connectivity index (χ4v) is 0.734. The normalized spacial score (nSPS) is 12.9. The quantitative estimate of drug-likeness (QED) is 0.667. The molecule has 54 valence electrons. The number of aliphatic carboxylic acids is 1. The molecule has 0 fully saturated rings. The number of carboxylic acids is 1. The lowest BCUT2D eigenvalue weighted by molar-refractivity contribution is -0.140. The van der Waals surface area contributed by atoms with Crippen LogP contribution in [0.5, 0.6) is 0 Å². The van der Waals surface area contributed by atoms with Crippen LogP contribution in [0.3, 0.4) is 0 Å². The van der Waals surface area contributed by atoms with E-state index in [0.29, 0.717) is 0 Å². The highest BCUT2D eigenvalue weighted by molar-refractivity contribution is 5.71. The number of aromatic nitrogens is 1. The number of nitrogens with zero attached hydrogens (tertiary/aromatic N) is 1. The van der Waals surface area contributed by atoms with E-state index in [9.17, 15) is 4.79 Å². The van der Waals surface area contributed by atoms with E-state index in [1.165, 1.54) is 0 Å². The van der Waals surface area contributed by atoms with Gasteiger partial charge in [-0.05, 0) is 19.1 Å². The van der Waals surface area contributed by atoms with E-state index < -0.39 is 12.0 Å². The molecular formula is C7H9NO2. The van der Waals surface area contributed by atoms with Crippen molar-refractivity contribution < 1.29 is 9.90 Å². The topological polar surface area (TPSA) is 42.2 Å². The summed E-state index contributed by atoms with van der Waals surface area (Å²) in [6, 6.07) is 3.15. The molecule has 1 heterocycles. The van der Waals surface area contributed by atoms with Crippen LogP contribution in [0.2, 0.25) is 0 Å². The molecule has 3 nitrogen and oxygen atoms in total. The van der Waals surface area contributed by atoms with E-state index in [-0.39, 0.29) is 0 Å². The van der Waals surface area contributed by atoms with Gasteiger partial charge in [-0.2, -0.15) is 0 Å². The van der Waals surface area contributed by atoms with E-state index in [0.717, 1.165) is 0 Å². The Labute approximate surface area is 58.9 Å². The Balaban J connectivity index is 2.77. The average molecular weight is 139 g/mol. The SMILES string of the molecule is CC(C(=O)O)n1cccc1. The summed E-state index contributed by atoms with van der Waals surface area (Å²) in [7, 11) is 0. The molecule has 0 aromatic carbocycles. The van der Waals surface area contributed by atoms with Gasteiger partial charge in [-0.1, -0.05) is 0 Å². The molecule has 0 aliphatic rings. The van der Waals surface area contributed by atoms with Gasteiger partial charge in [-0.25, -0.2) is 4.79 Å². The third-order valence-electron chi connectivity index (χ3n) is 1.43. The summed E-state index contributed by atoms with van der Waals surface area (Å²) >= 11 is 0. The van der Waals surface area contributed by atoms with Gasteiger partial charge in [0.25, 0.3) is 0 Å². The second-order valence-electron chi connectivity index (χ2n) is 2.14. The zero-order valence-electron chi connectivity index (χ0n) is 5.69. The first-order chi connectivity index (χ1) is 4.72. The fourth-order valence-electron chi connectivity index (χ4n) is 0.734. The highest BCUT2D eigenvalue weighted by Gasteiger charge is 2.09. The van der Waals surface area contributed by atoms with Crippen molar-refractivity contribution >= 4 is 5.97 Å². The van der Waals surface area contributed by atoms with Gasteiger partial charge in [0.2, 0.25) is 0 Å². The molecule has 1 N–H and O–H groups in total. The minimum atomic E-state index is -0.809. The van der Waals surface area contributed by atoms with Crippen LogP contribution in [-0.2, 0) is 4.79 Å². The number of rotatable bonds is 2. The minimum absolute atomic E-state index is 0.463. The molecule has 1 rings (SSSR count). The number of hydrogen-bond acceptors (Lipinski definition) is 1. The molecule has 0 amide bonds. The summed E-state index contributed by atoms with van der Waals surface area (Å²) in [6.45, 7) is 1.64. The molecule has 0 aliphatic heterocycles. The van der Waals surface area contributed by atoms with Crippen LogP contribution in [0, 0.1) is 0 Å². The Morgan fingerprint density at radius 1 is 1.50 bits per heavy atom. The Morgan fingerprint density at radius 3 is 2.40 bits per heavy atom. The zero-order chi connectivity index (χ0) is 7.56. The van der Waals surface area contributed by atoms with Crippen molar-refractivity contribution in [3.8, 4) is 0 Å². The lowest BCUT2D eigenvalue weighted by Crippen LogP contribution is -2.13. The van der Waals surface area contributed by atoms with Crippen molar-refractivity contribution in [1.82, 2.24) is 4.57 Å². The summed E-state index contributed by atoms with van der Waals surface area (Å²) in [5.41, 5.74) is 0. The lowest BCUT2D eigenvalue weighted by atomic mass is 10.3. The maximum Gasteiger partial charge on any atom is 0.326 e. The summed E-state index contributed by atoms with van der Waals surface area (Å²) in [4.78, 5) is 10.4. The van der Waals surface area contributed by atoms with Gasteiger partial charge in [0.1, 0.15) is 6.04 Å². The molecule has 1 unspecified atom stereocenters. The van der Waals surface area contributed by atoms with Crippen LogP contribution in [0.15, 0.2) is 24.5 Å². The molecule has 1 aromatic heterocycles.